The first-order chi connectivity index (χ1) is 10.4. The second-order valence-electron chi connectivity index (χ2n) is 5.92. The lowest BCUT2D eigenvalue weighted by Crippen LogP contribution is -2.31. The SMILES string of the molecule is CC(C)CCC[C@H](C)NC(=O)/C=C/c1ccc([N+](=O)[O-])cc1. The van der Waals surface area contributed by atoms with Crippen LogP contribution in [0.25, 0.3) is 6.08 Å². The zero-order valence-electron chi connectivity index (χ0n) is 13.4. The van der Waals surface area contributed by atoms with E-state index in [4.69, 9.17) is 0 Å². The quantitative estimate of drug-likeness (QED) is 0.449. The maximum absolute atomic E-state index is 11.8. The van der Waals surface area contributed by atoms with E-state index in [1.165, 1.54) is 24.6 Å². The normalized spacial score (nSPS) is 12.5. The summed E-state index contributed by atoms with van der Waals surface area (Å²) >= 11 is 0. The molecule has 1 atom stereocenters. The molecule has 1 rings (SSSR count). The molecular weight excluding hydrogens is 280 g/mol. The van der Waals surface area contributed by atoms with E-state index in [2.05, 4.69) is 19.2 Å². The molecule has 0 radical (unpaired) electrons. The van der Waals surface area contributed by atoms with Crippen molar-refractivity contribution in [2.75, 3.05) is 0 Å². The molecule has 0 saturated carbocycles. The van der Waals surface area contributed by atoms with E-state index >= 15 is 0 Å². The zero-order chi connectivity index (χ0) is 16.5. The van der Waals surface area contributed by atoms with E-state index in [1.54, 1.807) is 18.2 Å². The van der Waals surface area contributed by atoms with Crippen molar-refractivity contribution in [1.29, 1.82) is 0 Å². The Morgan fingerprint density at radius 3 is 2.41 bits per heavy atom. The average Bonchev–Trinajstić information content (AvgIpc) is 2.45. The number of carbonyl (C=O) groups is 1. The van der Waals surface area contributed by atoms with E-state index in [9.17, 15) is 14.9 Å². The molecule has 5 heteroatoms. The molecule has 0 aromatic heterocycles. The lowest BCUT2D eigenvalue weighted by molar-refractivity contribution is -0.384. The summed E-state index contributed by atoms with van der Waals surface area (Å²) in [6, 6.07) is 6.23. The summed E-state index contributed by atoms with van der Waals surface area (Å²) in [5.41, 5.74) is 0.800. The van der Waals surface area contributed by atoms with Crippen LogP contribution >= 0.6 is 0 Å². The average molecular weight is 304 g/mol. The Labute approximate surface area is 131 Å². The molecule has 0 spiro atoms. The lowest BCUT2D eigenvalue weighted by Gasteiger charge is -2.13. The van der Waals surface area contributed by atoms with Gasteiger partial charge in [-0.3, -0.25) is 14.9 Å². The molecule has 22 heavy (non-hydrogen) atoms. The molecule has 0 unspecified atom stereocenters. The van der Waals surface area contributed by atoms with Gasteiger partial charge in [0.15, 0.2) is 0 Å². The van der Waals surface area contributed by atoms with Gasteiger partial charge in [0, 0.05) is 24.3 Å². The lowest BCUT2D eigenvalue weighted by atomic mass is 10.0. The smallest absolute Gasteiger partial charge is 0.269 e. The second-order valence-corrected chi connectivity index (χ2v) is 5.92. The third kappa shape index (κ3) is 7.02. The van der Waals surface area contributed by atoms with E-state index in [0.717, 1.165) is 18.4 Å². The highest BCUT2D eigenvalue weighted by Gasteiger charge is 2.06. The molecule has 0 aliphatic rings. The van der Waals surface area contributed by atoms with Crippen molar-refractivity contribution in [2.24, 2.45) is 5.92 Å². The first-order valence-electron chi connectivity index (χ1n) is 7.61. The van der Waals surface area contributed by atoms with Crippen LogP contribution in [0.5, 0.6) is 0 Å². The highest BCUT2D eigenvalue weighted by Crippen LogP contribution is 2.13. The summed E-state index contributed by atoms with van der Waals surface area (Å²) in [6.07, 6.45) is 6.35. The monoisotopic (exact) mass is 304 g/mol. The number of amides is 1. The molecule has 0 saturated heterocycles. The van der Waals surface area contributed by atoms with E-state index in [0.29, 0.717) is 5.92 Å². The molecule has 1 N–H and O–H groups in total. The number of hydrogen-bond acceptors (Lipinski definition) is 3. The number of rotatable bonds is 8. The third-order valence-corrected chi connectivity index (χ3v) is 3.34. The van der Waals surface area contributed by atoms with Gasteiger partial charge in [0.25, 0.3) is 5.69 Å². The Kier molecular flexibility index (Phi) is 7.29. The Bertz CT molecular complexity index is 521. The molecule has 0 aliphatic heterocycles. The number of benzene rings is 1. The molecule has 1 aromatic rings. The van der Waals surface area contributed by atoms with Crippen molar-refractivity contribution < 1.29 is 9.72 Å². The molecule has 1 amide bonds. The van der Waals surface area contributed by atoms with Gasteiger partial charge >= 0.3 is 0 Å². The van der Waals surface area contributed by atoms with Gasteiger partial charge in [-0.1, -0.05) is 26.7 Å². The van der Waals surface area contributed by atoms with Crippen LogP contribution in [-0.4, -0.2) is 16.9 Å². The summed E-state index contributed by atoms with van der Waals surface area (Å²) in [4.78, 5) is 21.9. The molecule has 0 fully saturated rings. The van der Waals surface area contributed by atoms with Crippen LogP contribution < -0.4 is 5.32 Å². The van der Waals surface area contributed by atoms with Gasteiger partial charge in [-0.05, 0) is 43.0 Å². The van der Waals surface area contributed by atoms with Gasteiger partial charge in [-0.25, -0.2) is 0 Å². The summed E-state index contributed by atoms with van der Waals surface area (Å²) in [5, 5.41) is 13.5. The molecular formula is C17H24N2O3. The maximum Gasteiger partial charge on any atom is 0.269 e. The van der Waals surface area contributed by atoms with Crippen molar-refractivity contribution >= 4 is 17.7 Å². The molecule has 120 valence electrons. The van der Waals surface area contributed by atoms with Crippen molar-refractivity contribution in [1.82, 2.24) is 5.32 Å². The topological polar surface area (TPSA) is 72.2 Å². The number of non-ortho nitro benzene ring substituents is 1. The summed E-state index contributed by atoms with van der Waals surface area (Å²) in [7, 11) is 0. The van der Waals surface area contributed by atoms with Crippen molar-refractivity contribution in [3.63, 3.8) is 0 Å². The molecule has 0 bridgehead atoms. The van der Waals surface area contributed by atoms with Gasteiger partial charge in [0.2, 0.25) is 5.91 Å². The minimum absolute atomic E-state index is 0.0420. The standard InChI is InChI=1S/C17H24N2O3/c1-13(2)5-4-6-14(3)18-17(20)12-9-15-7-10-16(11-8-15)19(21)22/h7-14H,4-6H2,1-3H3,(H,18,20)/b12-9+/t14-/m0/s1. The minimum atomic E-state index is -0.445. The van der Waals surface area contributed by atoms with E-state index < -0.39 is 4.92 Å². The fourth-order valence-electron chi connectivity index (χ4n) is 2.07. The largest absolute Gasteiger partial charge is 0.350 e. The van der Waals surface area contributed by atoms with Gasteiger partial charge < -0.3 is 5.32 Å². The minimum Gasteiger partial charge on any atom is -0.350 e. The highest BCUT2D eigenvalue weighted by atomic mass is 16.6. The number of carbonyl (C=O) groups excluding carboxylic acids is 1. The van der Waals surface area contributed by atoms with Gasteiger partial charge in [-0.15, -0.1) is 0 Å². The van der Waals surface area contributed by atoms with Gasteiger partial charge in [0.1, 0.15) is 0 Å². The molecule has 5 nitrogen and oxygen atoms in total. The van der Waals surface area contributed by atoms with Crippen molar-refractivity contribution in [3.05, 3.63) is 46.0 Å². The van der Waals surface area contributed by atoms with Crippen molar-refractivity contribution in [3.8, 4) is 0 Å². The van der Waals surface area contributed by atoms with Crippen LogP contribution in [0.15, 0.2) is 30.3 Å². The van der Waals surface area contributed by atoms with Crippen LogP contribution in [0, 0.1) is 16.0 Å². The number of nitro groups is 1. The fraction of sp³-hybridized carbons (Fsp3) is 0.471. The van der Waals surface area contributed by atoms with Crippen molar-refractivity contribution in [2.45, 2.75) is 46.1 Å². The van der Waals surface area contributed by atoms with Crippen LogP contribution in [0.1, 0.15) is 45.6 Å². The van der Waals surface area contributed by atoms with E-state index in [1.807, 2.05) is 6.92 Å². The predicted octanol–water partition coefficient (Wildman–Crippen LogP) is 3.94. The van der Waals surface area contributed by atoms with Crippen LogP contribution in [0.4, 0.5) is 5.69 Å². The van der Waals surface area contributed by atoms with Crippen LogP contribution in [0.2, 0.25) is 0 Å². The molecule has 1 aromatic carbocycles. The zero-order valence-corrected chi connectivity index (χ0v) is 13.4. The number of nitrogens with one attached hydrogen (secondary N) is 1. The number of nitro benzene ring substituents is 1. The third-order valence-electron chi connectivity index (χ3n) is 3.34. The van der Waals surface area contributed by atoms with E-state index in [-0.39, 0.29) is 17.6 Å². The Morgan fingerprint density at radius 1 is 1.23 bits per heavy atom. The van der Waals surface area contributed by atoms with Crippen LogP contribution in [-0.2, 0) is 4.79 Å². The number of hydrogen-bond donors (Lipinski definition) is 1. The van der Waals surface area contributed by atoms with Gasteiger partial charge in [-0.2, -0.15) is 0 Å². The number of nitrogens with zero attached hydrogens (tertiary/aromatic N) is 1. The summed E-state index contributed by atoms with van der Waals surface area (Å²) in [5.74, 6) is 0.542. The highest BCUT2D eigenvalue weighted by molar-refractivity contribution is 5.91. The predicted molar refractivity (Wildman–Crippen MR) is 88.4 cm³/mol. The molecule has 0 heterocycles. The first kappa shape index (κ1) is 17.9. The fourth-order valence-corrected chi connectivity index (χ4v) is 2.07. The van der Waals surface area contributed by atoms with Crippen LogP contribution in [0.3, 0.4) is 0 Å². The first-order valence-corrected chi connectivity index (χ1v) is 7.61. The Morgan fingerprint density at radius 2 is 1.86 bits per heavy atom. The molecule has 0 aliphatic carbocycles. The Hall–Kier alpha value is -2.17. The summed E-state index contributed by atoms with van der Waals surface area (Å²) in [6.45, 7) is 6.38. The Balaban J connectivity index is 2.41. The second kappa shape index (κ2) is 8.97. The summed E-state index contributed by atoms with van der Waals surface area (Å²) < 4.78 is 0. The maximum atomic E-state index is 11.8. The van der Waals surface area contributed by atoms with Gasteiger partial charge in [0.05, 0.1) is 4.92 Å².